The Balaban J connectivity index is 1.80. The monoisotopic (exact) mass is 443 g/mol. The second kappa shape index (κ2) is 9.84. The predicted molar refractivity (Wildman–Crippen MR) is 120 cm³/mol. The van der Waals surface area contributed by atoms with Crippen molar-refractivity contribution in [3.05, 3.63) is 62.0 Å². The lowest BCUT2D eigenvalue weighted by Crippen LogP contribution is -2.35. The number of hydrogen-bond acceptors (Lipinski definition) is 7. The Morgan fingerprint density at radius 2 is 2.03 bits per heavy atom. The van der Waals surface area contributed by atoms with Crippen molar-refractivity contribution < 1.29 is 19.2 Å². The molecule has 0 fully saturated rings. The number of amides is 1. The molecule has 0 atom stereocenters. The van der Waals surface area contributed by atoms with Crippen LogP contribution >= 0.6 is 11.3 Å². The maximum absolute atomic E-state index is 12.6. The molecule has 2 heterocycles. The summed E-state index contributed by atoms with van der Waals surface area (Å²) in [5.41, 5.74) is 2.04. The molecule has 9 heteroatoms. The Hall–Kier alpha value is -3.04. The molecule has 31 heavy (non-hydrogen) atoms. The van der Waals surface area contributed by atoms with Crippen LogP contribution in [0.25, 0.3) is 6.08 Å². The molecule has 0 unspecified atom stereocenters. The van der Waals surface area contributed by atoms with E-state index >= 15 is 0 Å². The van der Waals surface area contributed by atoms with E-state index in [2.05, 4.69) is 24.1 Å². The van der Waals surface area contributed by atoms with Gasteiger partial charge in [-0.2, -0.15) is 0 Å². The highest BCUT2D eigenvalue weighted by Crippen LogP contribution is 2.38. The number of benzene rings is 1. The third-order valence-electron chi connectivity index (χ3n) is 5.06. The normalized spacial score (nSPS) is 13.9. The molecule has 1 aliphatic rings. The number of carbonyl (C=O) groups is 2. The number of nitrogens with zero attached hydrogens (tertiary/aromatic N) is 2. The number of nitrogens with one attached hydrogen (secondary N) is 1. The van der Waals surface area contributed by atoms with Crippen molar-refractivity contribution >= 4 is 40.0 Å². The highest BCUT2D eigenvalue weighted by molar-refractivity contribution is 7.17. The summed E-state index contributed by atoms with van der Waals surface area (Å²) in [4.78, 5) is 38.8. The number of anilines is 1. The van der Waals surface area contributed by atoms with Crippen LogP contribution in [0.4, 0.5) is 10.7 Å². The van der Waals surface area contributed by atoms with Crippen molar-refractivity contribution in [2.24, 2.45) is 0 Å². The Labute approximate surface area is 184 Å². The van der Waals surface area contributed by atoms with Crippen molar-refractivity contribution in [2.45, 2.75) is 39.8 Å². The molecule has 0 radical (unpaired) electrons. The van der Waals surface area contributed by atoms with Gasteiger partial charge in [0.25, 0.3) is 5.69 Å². The summed E-state index contributed by atoms with van der Waals surface area (Å²) in [6.45, 7) is 7.87. The number of nitro groups is 1. The van der Waals surface area contributed by atoms with E-state index in [-0.39, 0.29) is 18.2 Å². The minimum Gasteiger partial charge on any atom is -0.462 e. The van der Waals surface area contributed by atoms with Gasteiger partial charge in [0.1, 0.15) is 5.00 Å². The van der Waals surface area contributed by atoms with Crippen LogP contribution in [0.3, 0.4) is 0 Å². The van der Waals surface area contributed by atoms with E-state index in [4.69, 9.17) is 4.74 Å². The summed E-state index contributed by atoms with van der Waals surface area (Å²) in [5, 5.41) is 14.0. The molecular weight excluding hydrogens is 418 g/mol. The summed E-state index contributed by atoms with van der Waals surface area (Å²) in [7, 11) is 0. The van der Waals surface area contributed by atoms with E-state index in [9.17, 15) is 19.7 Å². The van der Waals surface area contributed by atoms with Crippen molar-refractivity contribution in [3.63, 3.8) is 0 Å². The zero-order chi connectivity index (χ0) is 22.5. The minimum absolute atomic E-state index is 0.0136. The van der Waals surface area contributed by atoms with Gasteiger partial charge in [-0.3, -0.25) is 19.8 Å². The van der Waals surface area contributed by atoms with Gasteiger partial charge >= 0.3 is 5.97 Å². The first-order valence-electron chi connectivity index (χ1n) is 10.1. The second-order valence-corrected chi connectivity index (χ2v) is 8.52. The van der Waals surface area contributed by atoms with Crippen molar-refractivity contribution in [3.8, 4) is 0 Å². The van der Waals surface area contributed by atoms with E-state index in [1.54, 1.807) is 25.1 Å². The van der Waals surface area contributed by atoms with Crippen molar-refractivity contribution in [1.82, 2.24) is 4.90 Å². The molecule has 8 nitrogen and oxygen atoms in total. The molecule has 0 saturated heterocycles. The lowest BCUT2D eigenvalue weighted by atomic mass is 10.0. The van der Waals surface area contributed by atoms with E-state index in [0.717, 1.165) is 30.0 Å². The number of thiophene rings is 1. The molecule has 1 amide bonds. The van der Waals surface area contributed by atoms with E-state index < -0.39 is 10.9 Å². The summed E-state index contributed by atoms with van der Waals surface area (Å²) in [6, 6.07) is 6.28. The molecular formula is C22H25N3O5S. The number of ether oxygens (including phenoxy) is 1. The molecule has 1 aliphatic heterocycles. The lowest BCUT2D eigenvalue weighted by molar-refractivity contribution is -0.384. The maximum Gasteiger partial charge on any atom is 0.341 e. The zero-order valence-electron chi connectivity index (χ0n) is 17.7. The van der Waals surface area contributed by atoms with Crippen molar-refractivity contribution in [2.75, 3.05) is 18.5 Å². The number of rotatable bonds is 7. The van der Waals surface area contributed by atoms with Crippen LogP contribution in [0, 0.1) is 10.1 Å². The van der Waals surface area contributed by atoms with Gasteiger partial charge in [0.15, 0.2) is 0 Å². The van der Waals surface area contributed by atoms with Crippen LogP contribution in [0.15, 0.2) is 30.3 Å². The predicted octanol–water partition coefficient (Wildman–Crippen LogP) is 4.25. The molecule has 0 bridgehead atoms. The topological polar surface area (TPSA) is 102 Å². The summed E-state index contributed by atoms with van der Waals surface area (Å²) in [5.74, 6) is -0.809. The van der Waals surface area contributed by atoms with E-state index in [0.29, 0.717) is 22.2 Å². The van der Waals surface area contributed by atoms with Gasteiger partial charge in [0.2, 0.25) is 5.91 Å². The maximum atomic E-state index is 12.6. The summed E-state index contributed by atoms with van der Waals surface area (Å²) in [6.07, 6.45) is 3.64. The average Bonchev–Trinajstić information content (AvgIpc) is 3.09. The van der Waals surface area contributed by atoms with Crippen LogP contribution in [-0.4, -0.2) is 40.9 Å². The third-order valence-corrected chi connectivity index (χ3v) is 6.20. The molecule has 1 N–H and O–H groups in total. The molecule has 1 aromatic carbocycles. The van der Waals surface area contributed by atoms with Gasteiger partial charge in [0.05, 0.1) is 17.1 Å². The Kier molecular flexibility index (Phi) is 7.19. The fourth-order valence-corrected chi connectivity index (χ4v) is 4.67. The first-order chi connectivity index (χ1) is 14.8. The van der Waals surface area contributed by atoms with Crippen LogP contribution in [-0.2, 0) is 22.5 Å². The van der Waals surface area contributed by atoms with Gasteiger partial charge < -0.3 is 10.1 Å². The zero-order valence-corrected chi connectivity index (χ0v) is 18.5. The third kappa shape index (κ3) is 5.36. The van der Waals surface area contributed by atoms with Crippen LogP contribution in [0.1, 0.15) is 47.1 Å². The van der Waals surface area contributed by atoms with Gasteiger partial charge in [-0.25, -0.2) is 4.79 Å². The first-order valence-corrected chi connectivity index (χ1v) is 10.9. The van der Waals surface area contributed by atoms with E-state index in [1.807, 2.05) is 0 Å². The van der Waals surface area contributed by atoms with Crippen molar-refractivity contribution in [1.29, 1.82) is 0 Å². The van der Waals surface area contributed by atoms with Crippen LogP contribution in [0.5, 0.6) is 0 Å². The van der Waals surface area contributed by atoms with Crippen LogP contribution in [0.2, 0.25) is 0 Å². The van der Waals surface area contributed by atoms with Gasteiger partial charge in [-0.15, -0.1) is 11.3 Å². The molecule has 1 aromatic heterocycles. The molecule has 164 valence electrons. The number of non-ortho nitro benzene ring substituents is 1. The fraction of sp³-hybridized carbons (Fsp3) is 0.364. The molecule has 0 saturated carbocycles. The molecule has 3 rings (SSSR count). The standard InChI is InChI=1S/C22H25N3O5S/c1-4-30-22(27)20-17-11-12-24(14(2)3)13-18(17)31-21(20)23-19(26)10-7-15-5-8-16(9-6-15)25(28)29/h5-10,14H,4,11-13H2,1-3H3,(H,23,26). The van der Waals surface area contributed by atoms with Gasteiger partial charge in [-0.1, -0.05) is 0 Å². The number of fused-ring (bicyclic) bond motifs is 1. The fourth-order valence-electron chi connectivity index (χ4n) is 3.40. The minimum atomic E-state index is -0.476. The quantitative estimate of drug-likeness (QED) is 0.297. The van der Waals surface area contributed by atoms with E-state index in [1.165, 1.54) is 29.5 Å². The second-order valence-electron chi connectivity index (χ2n) is 7.41. The SMILES string of the molecule is CCOC(=O)c1c(NC(=O)C=Cc2ccc([N+](=O)[O-])cc2)sc2c1CCN(C(C)C)C2. The molecule has 0 spiro atoms. The lowest BCUT2D eigenvalue weighted by Gasteiger charge is -2.30. The number of nitro benzene ring substituents is 1. The average molecular weight is 444 g/mol. The first kappa shape index (κ1) is 22.6. The Morgan fingerprint density at radius 1 is 1.32 bits per heavy atom. The smallest absolute Gasteiger partial charge is 0.341 e. The number of hydrogen-bond donors (Lipinski definition) is 1. The molecule has 0 aliphatic carbocycles. The van der Waals surface area contributed by atoms with Crippen LogP contribution < -0.4 is 5.32 Å². The van der Waals surface area contributed by atoms with Gasteiger partial charge in [-0.05, 0) is 56.5 Å². The molecule has 2 aromatic rings. The highest BCUT2D eigenvalue weighted by Gasteiger charge is 2.30. The number of carbonyl (C=O) groups excluding carboxylic acids is 2. The summed E-state index contributed by atoms with van der Waals surface area (Å²) < 4.78 is 5.24. The number of esters is 1. The Morgan fingerprint density at radius 3 is 2.65 bits per heavy atom. The highest BCUT2D eigenvalue weighted by atomic mass is 32.1. The Bertz CT molecular complexity index is 1010. The van der Waals surface area contributed by atoms with Gasteiger partial charge in [0, 0.05) is 42.2 Å². The summed E-state index contributed by atoms with van der Waals surface area (Å²) >= 11 is 1.41. The largest absolute Gasteiger partial charge is 0.462 e.